The molecule has 0 radical (unpaired) electrons. The standard InChI is InChI=1S/C21H28O2S2/c1-20(2,3)16-11-14(7-9-18(16)22)24-13-25-15-8-10-19(23)17(12-15)21(4,5)6/h7-12,22-23H,13H2,1-6H3. The van der Waals surface area contributed by atoms with Crippen LogP contribution in [0.25, 0.3) is 0 Å². The summed E-state index contributed by atoms with van der Waals surface area (Å²) in [6.45, 7) is 12.6. The van der Waals surface area contributed by atoms with Gasteiger partial charge in [0.15, 0.2) is 0 Å². The first-order valence-corrected chi connectivity index (χ1v) is 10.4. The van der Waals surface area contributed by atoms with Gasteiger partial charge in [-0.3, -0.25) is 0 Å². The van der Waals surface area contributed by atoms with Crippen LogP contribution in [0.2, 0.25) is 0 Å². The SMILES string of the molecule is CC(C)(C)c1cc(SCSc2ccc(O)c(C(C)(C)C)c2)ccc1O. The molecule has 4 heteroatoms. The Morgan fingerprint density at radius 2 is 1.04 bits per heavy atom. The van der Waals surface area contributed by atoms with Crippen molar-refractivity contribution in [1.82, 2.24) is 0 Å². The number of benzene rings is 2. The molecule has 0 spiro atoms. The lowest BCUT2D eigenvalue weighted by atomic mass is 9.86. The summed E-state index contributed by atoms with van der Waals surface area (Å²) in [7, 11) is 0. The first-order valence-electron chi connectivity index (χ1n) is 8.41. The molecule has 0 aromatic heterocycles. The van der Waals surface area contributed by atoms with E-state index in [2.05, 4.69) is 53.7 Å². The van der Waals surface area contributed by atoms with E-state index in [1.807, 2.05) is 12.1 Å². The van der Waals surface area contributed by atoms with Crippen LogP contribution in [0.15, 0.2) is 46.2 Å². The van der Waals surface area contributed by atoms with Crippen LogP contribution < -0.4 is 0 Å². The molecule has 0 atom stereocenters. The van der Waals surface area contributed by atoms with E-state index in [1.165, 1.54) is 0 Å². The van der Waals surface area contributed by atoms with Crippen LogP contribution in [0.5, 0.6) is 11.5 Å². The molecule has 0 bridgehead atoms. The number of phenolic OH excluding ortho intramolecular Hbond substituents is 2. The molecule has 2 rings (SSSR count). The molecule has 2 nitrogen and oxygen atoms in total. The lowest BCUT2D eigenvalue weighted by Gasteiger charge is -2.21. The molecule has 2 aromatic rings. The Hall–Kier alpha value is -1.26. The van der Waals surface area contributed by atoms with Crippen LogP contribution in [-0.4, -0.2) is 15.3 Å². The van der Waals surface area contributed by atoms with E-state index in [-0.39, 0.29) is 10.8 Å². The van der Waals surface area contributed by atoms with Gasteiger partial charge in [-0.2, -0.15) is 0 Å². The number of hydrogen-bond donors (Lipinski definition) is 2. The number of aromatic hydroxyl groups is 2. The first-order chi connectivity index (χ1) is 11.5. The molecular formula is C21H28O2S2. The highest BCUT2D eigenvalue weighted by Gasteiger charge is 2.19. The van der Waals surface area contributed by atoms with Crippen molar-refractivity contribution in [3.63, 3.8) is 0 Å². The van der Waals surface area contributed by atoms with Gasteiger partial charge in [-0.1, -0.05) is 41.5 Å². The average Bonchev–Trinajstić information content (AvgIpc) is 2.48. The molecule has 0 fully saturated rings. The van der Waals surface area contributed by atoms with Crippen LogP contribution in [0.3, 0.4) is 0 Å². The number of thioether (sulfide) groups is 2. The van der Waals surface area contributed by atoms with Crippen molar-refractivity contribution < 1.29 is 10.2 Å². The Balaban J connectivity index is 2.07. The molecule has 0 saturated carbocycles. The lowest BCUT2D eigenvalue weighted by Crippen LogP contribution is -2.11. The van der Waals surface area contributed by atoms with E-state index in [0.29, 0.717) is 11.5 Å². The third-order valence-corrected chi connectivity index (χ3v) is 6.12. The molecular weight excluding hydrogens is 348 g/mol. The third kappa shape index (κ3) is 5.35. The second-order valence-electron chi connectivity index (χ2n) is 8.26. The van der Waals surface area contributed by atoms with Crippen molar-refractivity contribution in [3.8, 4) is 11.5 Å². The van der Waals surface area contributed by atoms with Gasteiger partial charge in [-0.05, 0) is 47.2 Å². The van der Waals surface area contributed by atoms with Gasteiger partial charge in [-0.25, -0.2) is 0 Å². The smallest absolute Gasteiger partial charge is 0.119 e. The maximum absolute atomic E-state index is 10.1. The number of hydrogen-bond acceptors (Lipinski definition) is 4. The summed E-state index contributed by atoms with van der Waals surface area (Å²) in [5, 5.41) is 21.0. The maximum Gasteiger partial charge on any atom is 0.119 e. The normalized spacial score (nSPS) is 12.4. The minimum atomic E-state index is -0.0770. The zero-order chi connectivity index (χ0) is 18.8. The highest BCUT2D eigenvalue weighted by atomic mass is 32.2. The van der Waals surface area contributed by atoms with Crippen molar-refractivity contribution in [1.29, 1.82) is 0 Å². The van der Waals surface area contributed by atoms with E-state index >= 15 is 0 Å². The van der Waals surface area contributed by atoms with Crippen molar-refractivity contribution in [2.45, 2.75) is 62.2 Å². The Bertz CT molecular complexity index is 677. The van der Waals surface area contributed by atoms with Crippen LogP contribution in [0, 0.1) is 0 Å². The van der Waals surface area contributed by atoms with E-state index in [0.717, 1.165) is 26.0 Å². The zero-order valence-electron chi connectivity index (χ0n) is 15.9. The number of phenols is 2. The molecule has 0 unspecified atom stereocenters. The van der Waals surface area contributed by atoms with Crippen LogP contribution in [0.1, 0.15) is 52.7 Å². The minimum absolute atomic E-state index is 0.0770. The minimum Gasteiger partial charge on any atom is -0.508 e. The highest BCUT2D eigenvalue weighted by Crippen LogP contribution is 2.37. The Morgan fingerprint density at radius 3 is 1.36 bits per heavy atom. The molecule has 0 aliphatic heterocycles. The largest absolute Gasteiger partial charge is 0.508 e. The Morgan fingerprint density at radius 1 is 0.680 bits per heavy atom. The van der Waals surface area contributed by atoms with Crippen LogP contribution in [-0.2, 0) is 10.8 Å². The topological polar surface area (TPSA) is 40.5 Å². The summed E-state index contributed by atoms with van der Waals surface area (Å²) >= 11 is 3.52. The summed E-state index contributed by atoms with van der Waals surface area (Å²) in [5.41, 5.74) is 1.79. The molecule has 0 aliphatic rings. The van der Waals surface area contributed by atoms with Gasteiger partial charge in [0.2, 0.25) is 0 Å². The van der Waals surface area contributed by atoms with Crippen LogP contribution in [0.4, 0.5) is 0 Å². The van der Waals surface area contributed by atoms with E-state index < -0.39 is 0 Å². The van der Waals surface area contributed by atoms with Crippen molar-refractivity contribution in [2.24, 2.45) is 0 Å². The van der Waals surface area contributed by atoms with Crippen LogP contribution >= 0.6 is 23.5 Å². The molecule has 136 valence electrons. The lowest BCUT2D eigenvalue weighted by molar-refractivity contribution is 0.445. The van der Waals surface area contributed by atoms with Gasteiger partial charge < -0.3 is 10.2 Å². The fourth-order valence-corrected chi connectivity index (χ4v) is 4.63. The Kier molecular flexibility index (Phi) is 6.05. The van der Waals surface area contributed by atoms with Crippen molar-refractivity contribution >= 4 is 23.5 Å². The predicted octanol–water partition coefficient (Wildman–Crippen LogP) is 6.53. The third-order valence-electron chi connectivity index (χ3n) is 4.00. The first kappa shape index (κ1) is 20.1. The monoisotopic (exact) mass is 376 g/mol. The van der Waals surface area contributed by atoms with Gasteiger partial charge in [0.25, 0.3) is 0 Å². The van der Waals surface area contributed by atoms with Crippen molar-refractivity contribution in [3.05, 3.63) is 47.5 Å². The second-order valence-corrected chi connectivity index (χ2v) is 10.7. The summed E-state index contributed by atoms with van der Waals surface area (Å²) < 4.78 is 0. The summed E-state index contributed by atoms with van der Waals surface area (Å²) in [6.07, 6.45) is 0. The number of rotatable bonds is 4. The molecule has 0 aliphatic carbocycles. The van der Waals surface area contributed by atoms with E-state index in [1.54, 1.807) is 35.7 Å². The van der Waals surface area contributed by atoms with Gasteiger partial charge in [0, 0.05) is 26.0 Å². The van der Waals surface area contributed by atoms with Gasteiger partial charge >= 0.3 is 0 Å². The van der Waals surface area contributed by atoms with E-state index in [9.17, 15) is 10.2 Å². The quantitative estimate of drug-likeness (QED) is 0.470. The second kappa shape index (κ2) is 7.55. The average molecular weight is 377 g/mol. The molecule has 0 heterocycles. The zero-order valence-corrected chi connectivity index (χ0v) is 17.5. The predicted molar refractivity (Wildman–Crippen MR) is 110 cm³/mol. The molecule has 25 heavy (non-hydrogen) atoms. The highest BCUT2D eigenvalue weighted by molar-refractivity contribution is 8.16. The molecule has 0 amide bonds. The fourth-order valence-electron chi connectivity index (χ4n) is 2.58. The summed E-state index contributed by atoms with van der Waals surface area (Å²) in [5.74, 6) is 0.718. The van der Waals surface area contributed by atoms with Gasteiger partial charge in [0.05, 0.1) is 0 Å². The Labute approximate surface area is 160 Å². The fraction of sp³-hybridized carbons (Fsp3) is 0.429. The molecule has 2 aromatic carbocycles. The molecule has 0 saturated heterocycles. The summed E-state index contributed by atoms with van der Waals surface area (Å²) in [4.78, 5) is 2.31. The van der Waals surface area contributed by atoms with Crippen molar-refractivity contribution in [2.75, 3.05) is 5.08 Å². The van der Waals surface area contributed by atoms with E-state index in [4.69, 9.17) is 0 Å². The molecule has 2 N–H and O–H groups in total. The summed E-state index contributed by atoms with van der Waals surface area (Å²) in [6, 6.07) is 11.7. The van der Waals surface area contributed by atoms with Gasteiger partial charge in [-0.15, -0.1) is 23.5 Å². The maximum atomic E-state index is 10.1. The van der Waals surface area contributed by atoms with Gasteiger partial charge in [0.1, 0.15) is 11.5 Å².